The summed E-state index contributed by atoms with van der Waals surface area (Å²) < 4.78 is 16.8. The second-order valence-electron chi connectivity index (χ2n) is 8.47. The number of aromatic nitrogens is 2. The molecule has 4 fully saturated rings. The van der Waals surface area contributed by atoms with Crippen LogP contribution in [-0.2, 0) is 5.75 Å². The van der Waals surface area contributed by atoms with E-state index in [9.17, 15) is 0 Å². The smallest absolute Gasteiger partial charge is 0.236 e. The zero-order chi connectivity index (χ0) is 18.4. The van der Waals surface area contributed by atoms with Crippen LogP contribution in [0.2, 0.25) is 0 Å². The highest BCUT2D eigenvalue weighted by atomic mass is 32.2. The predicted molar refractivity (Wildman–Crippen MR) is 105 cm³/mol. The number of methoxy groups -OCH3 is 2. The van der Waals surface area contributed by atoms with Gasteiger partial charge in [-0.05, 0) is 68.4 Å². The number of thioether (sulfide) groups is 1. The minimum Gasteiger partial charge on any atom is -0.497 e. The lowest BCUT2D eigenvalue weighted by molar-refractivity contribution is 0.0382. The number of hydrogen-bond acceptors (Lipinski definition) is 6. The van der Waals surface area contributed by atoms with E-state index >= 15 is 0 Å². The summed E-state index contributed by atoms with van der Waals surface area (Å²) in [6, 6.07) is 5.64. The Morgan fingerprint density at radius 1 is 1.07 bits per heavy atom. The molecule has 0 radical (unpaired) electrons. The van der Waals surface area contributed by atoms with E-state index in [0.29, 0.717) is 22.2 Å². The summed E-state index contributed by atoms with van der Waals surface area (Å²) in [6.45, 7) is 0. The third-order valence-corrected chi connectivity index (χ3v) is 8.11. The molecule has 4 bridgehead atoms. The normalized spacial score (nSPS) is 31.3. The summed E-state index contributed by atoms with van der Waals surface area (Å²) in [5.74, 6) is 6.42. The molecule has 1 aromatic carbocycles. The van der Waals surface area contributed by atoms with Crippen LogP contribution in [0.15, 0.2) is 22.7 Å². The van der Waals surface area contributed by atoms with Gasteiger partial charge in [-0.3, -0.25) is 0 Å². The van der Waals surface area contributed by atoms with Crippen LogP contribution in [0.4, 0.5) is 0 Å². The molecule has 0 N–H and O–H groups in total. The minimum atomic E-state index is 0.460. The molecule has 4 aliphatic rings. The Balaban J connectivity index is 1.30. The summed E-state index contributed by atoms with van der Waals surface area (Å²) in [5.41, 5.74) is 0.827. The summed E-state index contributed by atoms with van der Waals surface area (Å²) in [7, 11) is 3.28. The van der Waals surface area contributed by atoms with Gasteiger partial charge in [0, 0.05) is 10.8 Å². The zero-order valence-electron chi connectivity index (χ0n) is 15.9. The predicted octanol–water partition coefficient (Wildman–Crippen LogP) is 4.96. The molecule has 27 heavy (non-hydrogen) atoms. The SMILES string of the molecule is COc1ccc(-c2noc(CSC34CC5CC(CC(C5)C3)C4)n2)c(OC)c1. The lowest BCUT2D eigenvalue weighted by atomic mass is 9.56. The summed E-state index contributed by atoms with van der Waals surface area (Å²) in [6.07, 6.45) is 8.58. The van der Waals surface area contributed by atoms with E-state index in [0.717, 1.165) is 34.8 Å². The van der Waals surface area contributed by atoms with Crippen molar-refractivity contribution in [2.75, 3.05) is 14.2 Å². The molecule has 1 heterocycles. The van der Waals surface area contributed by atoms with Crippen molar-refractivity contribution in [2.24, 2.45) is 17.8 Å². The van der Waals surface area contributed by atoms with Crippen molar-refractivity contribution >= 4 is 11.8 Å². The van der Waals surface area contributed by atoms with Crippen molar-refractivity contribution < 1.29 is 14.0 Å². The van der Waals surface area contributed by atoms with E-state index in [-0.39, 0.29) is 0 Å². The van der Waals surface area contributed by atoms with Crippen molar-refractivity contribution in [3.8, 4) is 22.9 Å². The first-order valence-electron chi connectivity index (χ1n) is 9.85. The van der Waals surface area contributed by atoms with Crippen molar-refractivity contribution in [1.82, 2.24) is 10.1 Å². The first-order chi connectivity index (χ1) is 13.2. The maximum atomic E-state index is 5.57. The Hall–Kier alpha value is -1.69. The third-order valence-electron chi connectivity index (χ3n) is 6.60. The van der Waals surface area contributed by atoms with Gasteiger partial charge in [-0.25, -0.2) is 0 Å². The van der Waals surface area contributed by atoms with Gasteiger partial charge < -0.3 is 14.0 Å². The van der Waals surface area contributed by atoms with Gasteiger partial charge in [0.15, 0.2) is 0 Å². The largest absolute Gasteiger partial charge is 0.497 e. The molecule has 4 saturated carbocycles. The van der Waals surface area contributed by atoms with Crippen LogP contribution in [0.3, 0.4) is 0 Å². The van der Waals surface area contributed by atoms with Crippen molar-refractivity contribution in [3.05, 3.63) is 24.1 Å². The van der Waals surface area contributed by atoms with Crippen LogP contribution < -0.4 is 9.47 Å². The van der Waals surface area contributed by atoms with E-state index in [1.165, 1.54) is 38.5 Å². The molecule has 0 saturated heterocycles. The van der Waals surface area contributed by atoms with Crippen molar-refractivity contribution in [2.45, 2.75) is 49.0 Å². The number of hydrogen-bond donors (Lipinski definition) is 0. The topological polar surface area (TPSA) is 57.4 Å². The van der Waals surface area contributed by atoms with Crippen LogP contribution in [0.5, 0.6) is 11.5 Å². The van der Waals surface area contributed by atoms with Gasteiger partial charge in [0.1, 0.15) is 11.5 Å². The Bertz CT molecular complexity index is 799. The Labute approximate surface area is 164 Å². The van der Waals surface area contributed by atoms with E-state index in [1.54, 1.807) is 14.2 Å². The maximum absolute atomic E-state index is 5.57. The first-order valence-corrected chi connectivity index (χ1v) is 10.8. The Morgan fingerprint density at radius 2 is 1.78 bits per heavy atom. The standard InChI is InChI=1S/C21H26N2O3S/c1-24-16-3-4-17(18(8-16)25-2)20-22-19(26-23-20)12-27-21-9-13-5-14(10-21)7-15(6-13)11-21/h3-4,8,13-15H,5-7,9-12H2,1-2H3. The molecule has 0 amide bonds. The fraction of sp³-hybridized carbons (Fsp3) is 0.619. The highest BCUT2D eigenvalue weighted by Crippen LogP contribution is 2.61. The average Bonchev–Trinajstić information content (AvgIpc) is 3.14. The number of nitrogens with zero attached hydrogens (tertiary/aromatic N) is 2. The maximum Gasteiger partial charge on any atom is 0.236 e. The summed E-state index contributed by atoms with van der Waals surface area (Å²) in [5, 5.41) is 4.20. The summed E-state index contributed by atoms with van der Waals surface area (Å²) >= 11 is 2.06. The lowest BCUT2D eigenvalue weighted by Crippen LogP contribution is -2.48. The quantitative estimate of drug-likeness (QED) is 0.700. The Morgan fingerprint density at radius 3 is 2.41 bits per heavy atom. The molecular weight excluding hydrogens is 360 g/mol. The van der Waals surface area contributed by atoms with Gasteiger partial charge in [-0.2, -0.15) is 4.98 Å². The third kappa shape index (κ3) is 3.22. The number of benzene rings is 1. The van der Waals surface area contributed by atoms with E-state index < -0.39 is 0 Å². The van der Waals surface area contributed by atoms with Gasteiger partial charge >= 0.3 is 0 Å². The summed E-state index contributed by atoms with van der Waals surface area (Å²) in [4.78, 5) is 4.64. The molecular formula is C21H26N2O3S. The molecule has 0 atom stereocenters. The number of rotatable bonds is 6. The molecule has 1 aromatic heterocycles. The number of ether oxygens (including phenoxy) is 2. The second kappa shape index (κ2) is 6.73. The molecule has 2 aromatic rings. The second-order valence-corrected chi connectivity index (χ2v) is 9.91. The first kappa shape index (κ1) is 17.4. The van der Waals surface area contributed by atoms with Crippen molar-refractivity contribution in [3.63, 3.8) is 0 Å². The fourth-order valence-electron chi connectivity index (χ4n) is 5.83. The molecule has 0 unspecified atom stereocenters. The molecule has 0 spiro atoms. The van der Waals surface area contributed by atoms with Gasteiger partial charge in [0.2, 0.25) is 11.7 Å². The molecule has 6 rings (SSSR count). The van der Waals surface area contributed by atoms with Crippen molar-refractivity contribution in [1.29, 1.82) is 0 Å². The highest BCUT2D eigenvalue weighted by Gasteiger charge is 2.51. The van der Waals surface area contributed by atoms with E-state index in [2.05, 4.69) is 21.9 Å². The molecule has 4 aliphatic carbocycles. The van der Waals surface area contributed by atoms with Crippen LogP contribution in [0.1, 0.15) is 44.4 Å². The van der Waals surface area contributed by atoms with Crippen LogP contribution in [0, 0.1) is 17.8 Å². The molecule has 144 valence electrons. The van der Waals surface area contributed by atoms with Crippen LogP contribution in [0.25, 0.3) is 11.4 Å². The molecule has 6 heteroatoms. The zero-order valence-corrected chi connectivity index (χ0v) is 16.8. The van der Waals surface area contributed by atoms with Crippen LogP contribution >= 0.6 is 11.8 Å². The van der Waals surface area contributed by atoms with Gasteiger partial charge in [0.05, 0.1) is 25.5 Å². The van der Waals surface area contributed by atoms with Gasteiger partial charge in [-0.15, -0.1) is 11.8 Å². The monoisotopic (exact) mass is 386 g/mol. The Kier molecular flexibility index (Phi) is 4.34. The lowest BCUT2D eigenvalue weighted by Gasteiger charge is -2.56. The van der Waals surface area contributed by atoms with Gasteiger partial charge in [-0.1, -0.05) is 5.16 Å². The van der Waals surface area contributed by atoms with Crippen LogP contribution in [-0.4, -0.2) is 29.1 Å². The fourth-order valence-corrected chi connectivity index (χ4v) is 7.44. The van der Waals surface area contributed by atoms with E-state index in [4.69, 9.17) is 14.0 Å². The van der Waals surface area contributed by atoms with Gasteiger partial charge in [0.25, 0.3) is 0 Å². The highest BCUT2D eigenvalue weighted by molar-refractivity contribution is 7.99. The van der Waals surface area contributed by atoms with E-state index in [1.807, 2.05) is 18.2 Å². The molecule has 0 aliphatic heterocycles. The average molecular weight is 387 g/mol. The molecule has 5 nitrogen and oxygen atoms in total. The minimum absolute atomic E-state index is 0.460.